The number of thioether (sulfide) groups is 2. The standard InChI is InChI=1S/C6H13S3/c1-4-9-6(2,7)5-8-3/h4-5H2,1-3H3. The molecule has 0 amide bonds. The summed E-state index contributed by atoms with van der Waals surface area (Å²) in [5, 5.41) is 0. The van der Waals surface area contributed by atoms with E-state index in [1.807, 2.05) is 23.5 Å². The van der Waals surface area contributed by atoms with Gasteiger partial charge in [-0.15, -0.1) is 11.8 Å². The van der Waals surface area contributed by atoms with E-state index in [0.717, 1.165) is 11.5 Å². The molecule has 0 bridgehead atoms. The van der Waals surface area contributed by atoms with Crippen LogP contribution in [0.4, 0.5) is 0 Å². The first-order valence-corrected chi connectivity index (χ1v) is 5.74. The minimum absolute atomic E-state index is 0.0637. The van der Waals surface area contributed by atoms with E-state index in [-0.39, 0.29) is 4.08 Å². The fourth-order valence-electron chi connectivity index (χ4n) is 0.609. The molecule has 1 atom stereocenters. The zero-order valence-electron chi connectivity index (χ0n) is 6.14. The van der Waals surface area contributed by atoms with Crippen molar-refractivity contribution in [3.05, 3.63) is 0 Å². The van der Waals surface area contributed by atoms with Gasteiger partial charge in [-0.25, -0.2) is 0 Å². The Morgan fingerprint density at radius 2 is 2.11 bits per heavy atom. The average Bonchev–Trinajstić information content (AvgIpc) is 1.64. The molecule has 0 aromatic carbocycles. The molecular formula is C6H13S3. The number of hydrogen-bond donors (Lipinski definition) is 0. The molecule has 55 valence electrons. The van der Waals surface area contributed by atoms with Crippen LogP contribution < -0.4 is 0 Å². The van der Waals surface area contributed by atoms with Crippen LogP contribution in [-0.4, -0.2) is 21.8 Å². The van der Waals surface area contributed by atoms with Gasteiger partial charge >= 0.3 is 0 Å². The van der Waals surface area contributed by atoms with E-state index in [0.29, 0.717) is 0 Å². The summed E-state index contributed by atoms with van der Waals surface area (Å²) in [5.41, 5.74) is 0. The van der Waals surface area contributed by atoms with Crippen molar-refractivity contribution >= 4 is 36.2 Å². The van der Waals surface area contributed by atoms with Gasteiger partial charge in [0.25, 0.3) is 0 Å². The van der Waals surface area contributed by atoms with Crippen LogP contribution in [0.1, 0.15) is 13.8 Å². The molecule has 0 nitrogen and oxygen atoms in total. The molecular weight excluding hydrogens is 168 g/mol. The quantitative estimate of drug-likeness (QED) is 0.654. The Morgan fingerprint density at radius 3 is 2.44 bits per heavy atom. The van der Waals surface area contributed by atoms with E-state index >= 15 is 0 Å². The fraction of sp³-hybridized carbons (Fsp3) is 1.00. The summed E-state index contributed by atoms with van der Waals surface area (Å²) in [4.78, 5) is 0. The molecule has 0 aliphatic heterocycles. The van der Waals surface area contributed by atoms with Crippen molar-refractivity contribution in [2.75, 3.05) is 17.8 Å². The normalized spacial score (nSPS) is 17.3. The van der Waals surface area contributed by atoms with Gasteiger partial charge in [-0.1, -0.05) is 19.6 Å². The van der Waals surface area contributed by atoms with Gasteiger partial charge in [0.1, 0.15) is 0 Å². The molecule has 9 heavy (non-hydrogen) atoms. The van der Waals surface area contributed by atoms with Crippen molar-refractivity contribution < 1.29 is 0 Å². The minimum atomic E-state index is 0.0637. The molecule has 0 heterocycles. The third kappa shape index (κ3) is 5.49. The maximum absolute atomic E-state index is 5.28. The predicted octanol–water partition coefficient (Wildman–Crippen LogP) is 3.02. The minimum Gasteiger partial charge on any atom is -0.163 e. The zero-order chi connectivity index (χ0) is 7.33. The van der Waals surface area contributed by atoms with Crippen LogP contribution in [0.25, 0.3) is 0 Å². The first-order valence-electron chi connectivity index (χ1n) is 2.95. The summed E-state index contributed by atoms with van der Waals surface area (Å²) in [6.45, 7) is 4.27. The van der Waals surface area contributed by atoms with Crippen molar-refractivity contribution in [3.63, 3.8) is 0 Å². The summed E-state index contributed by atoms with van der Waals surface area (Å²) in [5.74, 6) is 2.20. The third-order valence-corrected chi connectivity index (χ3v) is 3.63. The highest BCUT2D eigenvalue weighted by Gasteiger charge is 2.17. The summed E-state index contributed by atoms with van der Waals surface area (Å²) in [7, 11) is 0. The van der Waals surface area contributed by atoms with Crippen LogP contribution in [0.2, 0.25) is 0 Å². The van der Waals surface area contributed by atoms with Gasteiger partial charge in [-0.3, -0.25) is 0 Å². The van der Waals surface area contributed by atoms with Crippen molar-refractivity contribution in [2.24, 2.45) is 0 Å². The average molecular weight is 181 g/mol. The maximum Gasteiger partial charge on any atom is 0.0776 e. The van der Waals surface area contributed by atoms with Crippen LogP contribution >= 0.6 is 36.2 Å². The first kappa shape index (κ1) is 10.0. The lowest BCUT2D eigenvalue weighted by atomic mass is 10.5. The van der Waals surface area contributed by atoms with Crippen LogP contribution in [-0.2, 0) is 0 Å². The van der Waals surface area contributed by atoms with Crippen LogP contribution in [0, 0.1) is 0 Å². The van der Waals surface area contributed by atoms with Crippen LogP contribution in [0.15, 0.2) is 0 Å². The van der Waals surface area contributed by atoms with E-state index in [1.54, 1.807) is 0 Å². The van der Waals surface area contributed by atoms with Crippen LogP contribution in [0.5, 0.6) is 0 Å². The molecule has 0 N–H and O–H groups in total. The molecule has 0 saturated heterocycles. The Balaban J connectivity index is 3.43. The summed E-state index contributed by atoms with van der Waals surface area (Å²) < 4.78 is 0.0637. The lowest BCUT2D eigenvalue weighted by molar-refractivity contribution is 1.06. The van der Waals surface area contributed by atoms with Gasteiger partial charge in [0.05, 0.1) is 4.08 Å². The molecule has 0 rings (SSSR count). The zero-order valence-corrected chi connectivity index (χ0v) is 8.59. The third-order valence-electron chi connectivity index (χ3n) is 0.856. The molecule has 0 aliphatic carbocycles. The van der Waals surface area contributed by atoms with E-state index in [4.69, 9.17) is 12.6 Å². The van der Waals surface area contributed by atoms with Crippen LogP contribution in [0.3, 0.4) is 0 Å². The first-order chi connectivity index (χ1) is 4.12. The Morgan fingerprint density at radius 1 is 1.56 bits per heavy atom. The molecule has 0 aliphatic rings. The second-order valence-corrected chi connectivity index (χ2v) is 5.79. The fourth-order valence-corrected chi connectivity index (χ4v) is 3.14. The van der Waals surface area contributed by atoms with E-state index in [1.165, 1.54) is 0 Å². The molecule has 0 fully saturated rings. The Hall–Kier alpha value is 1.05. The van der Waals surface area contributed by atoms with E-state index < -0.39 is 0 Å². The van der Waals surface area contributed by atoms with Crippen molar-refractivity contribution in [1.82, 2.24) is 0 Å². The van der Waals surface area contributed by atoms with Gasteiger partial charge in [-0.2, -0.15) is 11.8 Å². The summed E-state index contributed by atoms with van der Waals surface area (Å²) >= 11 is 8.96. The molecule has 3 heteroatoms. The topological polar surface area (TPSA) is 0 Å². The summed E-state index contributed by atoms with van der Waals surface area (Å²) in [6.07, 6.45) is 2.10. The van der Waals surface area contributed by atoms with Crippen molar-refractivity contribution in [2.45, 2.75) is 17.9 Å². The van der Waals surface area contributed by atoms with E-state index in [2.05, 4.69) is 20.1 Å². The van der Waals surface area contributed by atoms with Gasteiger partial charge in [-0.05, 0) is 18.9 Å². The molecule has 0 saturated carbocycles. The van der Waals surface area contributed by atoms with E-state index in [9.17, 15) is 0 Å². The SMILES string of the molecule is CCSC(C)([S])CSC. The highest BCUT2D eigenvalue weighted by Crippen LogP contribution is 2.31. The molecule has 0 aromatic rings. The number of rotatable bonds is 4. The lowest BCUT2D eigenvalue weighted by Crippen LogP contribution is -2.14. The van der Waals surface area contributed by atoms with Gasteiger partial charge in [0.15, 0.2) is 0 Å². The lowest BCUT2D eigenvalue weighted by Gasteiger charge is -2.19. The highest BCUT2D eigenvalue weighted by atomic mass is 32.2. The molecule has 0 aromatic heterocycles. The monoisotopic (exact) mass is 181 g/mol. The van der Waals surface area contributed by atoms with Crippen molar-refractivity contribution in [1.29, 1.82) is 0 Å². The largest absolute Gasteiger partial charge is 0.163 e. The molecule has 0 spiro atoms. The smallest absolute Gasteiger partial charge is 0.0776 e. The van der Waals surface area contributed by atoms with Gasteiger partial charge in [0, 0.05) is 5.75 Å². The molecule has 1 radical (unpaired) electrons. The Labute approximate surface area is 72.0 Å². The highest BCUT2D eigenvalue weighted by molar-refractivity contribution is 8.13. The van der Waals surface area contributed by atoms with Gasteiger partial charge < -0.3 is 0 Å². The summed E-state index contributed by atoms with van der Waals surface area (Å²) in [6, 6.07) is 0. The Bertz CT molecular complexity index is 62.7. The van der Waals surface area contributed by atoms with Crippen molar-refractivity contribution in [3.8, 4) is 0 Å². The second kappa shape index (κ2) is 4.80. The Kier molecular flexibility index (Phi) is 5.36. The predicted molar refractivity (Wildman–Crippen MR) is 52.5 cm³/mol. The number of hydrogen-bond acceptors (Lipinski definition) is 2. The maximum atomic E-state index is 5.28. The van der Waals surface area contributed by atoms with Gasteiger partial charge in [0.2, 0.25) is 0 Å². The second-order valence-electron chi connectivity index (χ2n) is 2.00. The molecule has 1 unspecified atom stereocenters.